The lowest BCUT2D eigenvalue weighted by Gasteiger charge is -2.24. The van der Waals surface area contributed by atoms with Gasteiger partial charge in [0.2, 0.25) is 11.8 Å². The lowest BCUT2D eigenvalue weighted by molar-refractivity contribution is -0.135. The third-order valence-corrected chi connectivity index (χ3v) is 5.28. The topological polar surface area (TPSA) is 67.2 Å². The number of imidazole rings is 1. The van der Waals surface area contributed by atoms with Crippen molar-refractivity contribution in [2.24, 2.45) is 0 Å². The Morgan fingerprint density at radius 2 is 2.07 bits per heavy atom. The number of benzene rings is 2. The van der Waals surface area contributed by atoms with Crippen LogP contribution in [0, 0.1) is 5.82 Å². The van der Waals surface area contributed by atoms with E-state index in [4.69, 9.17) is 0 Å². The van der Waals surface area contributed by atoms with Crippen molar-refractivity contribution >= 4 is 22.8 Å². The SMILES string of the molecule is O=C(NCCCn1cnc2ccccc21)C1CCC(=O)N1Cc1cccc(F)c1. The molecule has 1 aromatic heterocycles. The predicted octanol–water partition coefficient (Wildman–Crippen LogP) is 2.87. The van der Waals surface area contributed by atoms with E-state index in [0.29, 0.717) is 24.9 Å². The number of aryl methyl sites for hydroxylation is 1. The van der Waals surface area contributed by atoms with Crippen molar-refractivity contribution in [3.63, 3.8) is 0 Å². The molecule has 0 bridgehead atoms. The van der Waals surface area contributed by atoms with Gasteiger partial charge in [-0.25, -0.2) is 9.37 Å². The van der Waals surface area contributed by atoms with Crippen molar-refractivity contribution < 1.29 is 14.0 Å². The van der Waals surface area contributed by atoms with Crippen molar-refractivity contribution in [1.82, 2.24) is 19.8 Å². The highest BCUT2D eigenvalue weighted by Gasteiger charge is 2.35. The number of hydrogen-bond donors (Lipinski definition) is 1. The number of likely N-dealkylation sites (tertiary alicyclic amines) is 1. The first-order valence-corrected chi connectivity index (χ1v) is 9.83. The molecule has 4 rings (SSSR count). The van der Waals surface area contributed by atoms with E-state index in [9.17, 15) is 14.0 Å². The molecule has 1 fully saturated rings. The van der Waals surface area contributed by atoms with Crippen molar-refractivity contribution in [3.05, 3.63) is 66.2 Å². The highest BCUT2D eigenvalue weighted by molar-refractivity contribution is 5.90. The first kappa shape index (κ1) is 19.1. The number of nitrogens with zero attached hydrogens (tertiary/aromatic N) is 3. The molecule has 1 N–H and O–H groups in total. The quantitative estimate of drug-likeness (QED) is 0.627. The number of halogens is 1. The zero-order valence-electron chi connectivity index (χ0n) is 16.1. The molecule has 7 heteroatoms. The summed E-state index contributed by atoms with van der Waals surface area (Å²) >= 11 is 0. The number of hydrogen-bond acceptors (Lipinski definition) is 3. The van der Waals surface area contributed by atoms with Crippen LogP contribution in [-0.2, 0) is 22.7 Å². The average Bonchev–Trinajstić information content (AvgIpc) is 3.29. The van der Waals surface area contributed by atoms with Crippen LogP contribution in [0.15, 0.2) is 54.9 Å². The van der Waals surface area contributed by atoms with Crippen LogP contribution < -0.4 is 5.32 Å². The molecule has 29 heavy (non-hydrogen) atoms. The van der Waals surface area contributed by atoms with Gasteiger partial charge in [0.25, 0.3) is 0 Å². The van der Waals surface area contributed by atoms with Gasteiger partial charge in [-0.05, 0) is 42.7 Å². The largest absolute Gasteiger partial charge is 0.354 e. The second-order valence-corrected chi connectivity index (χ2v) is 7.28. The monoisotopic (exact) mass is 394 g/mol. The molecule has 0 aliphatic carbocycles. The van der Waals surface area contributed by atoms with Crippen LogP contribution in [0.5, 0.6) is 0 Å². The van der Waals surface area contributed by atoms with Crippen LogP contribution in [0.25, 0.3) is 11.0 Å². The lowest BCUT2D eigenvalue weighted by atomic mass is 10.1. The van der Waals surface area contributed by atoms with Crippen LogP contribution in [0.2, 0.25) is 0 Å². The first-order chi connectivity index (χ1) is 14.1. The van der Waals surface area contributed by atoms with E-state index in [2.05, 4.69) is 14.9 Å². The molecular formula is C22H23FN4O2. The van der Waals surface area contributed by atoms with Crippen LogP contribution in [0.3, 0.4) is 0 Å². The fourth-order valence-corrected chi connectivity index (χ4v) is 3.80. The fraction of sp³-hybridized carbons (Fsp3) is 0.318. The smallest absolute Gasteiger partial charge is 0.242 e. The Balaban J connectivity index is 1.30. The number of rotatable bonds is 7. The number of nitrogens with one attached hydrogen (secondary N) is 1. The van der Waals surface area contributed by atoms with E-state index in [1.165, 1.54) is 12.1 Å². The van der Waals surface area contributed by atoms with Gasteiger partial charge in [-0.15, -0.1) is 0 Å². The Kier molecular flexibility index (Phi) is 5.55. The highest BCUT2D eigenvalue weighted by Crippen LogP contribution is 2.22. The summed E-state index contributed by atoms with van der Waals surface area (Å²) in [6.45, 7) is 1.51. The minimum atomic E-state index is -0.500. The third kappa shape index (κ3) is 4.29. The zero-order valence-corrected chi connectivity index (χ0v) is 16.1. The Hall–Kier alpha value is -3.22. The van der Waals surface area contributed by atoms with E-state index >= 15 is 0 Å². The summed E-state index contributed by atoms with van der Waals surface area (Å²) < 4.78 is 15.5. The van der Waals surface area contributed by atoms with Crippen molar-refractivity contribution in [2.45, 2.75) is 38.4 Å². The Morgan fingerprint density at radius 3 is 2.93 bits per heavy atom. The van der Waals surface area contributed by atoms with Gasteiger partial charge in [0.1, 0.15) is 11.9 Å². The molecule has 1 saturated heterocycles. The molecule has 1 aliphatic rings. The average molecular weight is 394 g/mol. The molecule has 0 radical (unpaired) electrons. The molecule has 1 unspecified atom stereocenters. The maximum absolute atomic E-state index is 13.4. The van der Waals surface area contributed by atoms with E-state index in [1.807, 2.05) is 30.6 Å². The van der Waals surface area contributed by atoms with Gasteiger partial charge in [0.15, 0.2) is 0 Å². The zero-order chi connectivity index (χ0) is 20.2. The van der Waals surface area contributed by atoms with Crippen LogP contribution in [0.1, 0.15) is 24.8 Å². The van der Waals surface area contributed by atoms with Gasteiger partial charge < -0.3 is 14.8 Å². The van der Waals surface area contributed by atoms with E-state index < -0.39 is 6.04 Å². The second kappa shape index (κ2) is 8.43. The summed E-state index contributed by atoms with van der Waals surface area (Å²) in [5.74, 6) is -0.566. The molecule has 1 aliphatic heterocycles. The normalized spacial score (nSPS) is 16.5. The number of amides is 2. The number of fused-ring (bicyclic) bond motifs is 1. The van der Waals surface area contributed by atoms with E-state index in [-0.39, 0.29) is 24.2 Å². The molecule has 0 spiro atoms. The minimum Gasteiger partial charge on any atom is -0.354 e. The summed E-state index contributed by atoms with van der Waals surface area (Å²) in [4.78, 5) is 30.8. The van der Waals surface area contributed by atoms with E-state index in [0.717, 1.165) is 24.0 Å². The van der Waals surface area contributed by atoms with Crippen molar-refractivity contribution in [3.8, 4) is 0 Å². The Labute approximate surface area is 168 Å². The van der Waals surface area contributed by atoms with Gasteiger partial charge in [-0.3, -0.25) is 9.59 Å². The summed E-state index contributed by atoms with van der Waals surface area (Å²) in [6, 6.07) is 13.6. The lowest BCUT2D eigenvalue weighted by Crippen LogP contribution is -2.44. The summed E-state index contributed by atoms with van der Waals surface area (Å²) in [6.07, 6.45) is 3.40. The number of carbonyl (C=O) groups is 2. The molecule has 3 aromatic rings. The van der Waals surface area contributed by atoms with Gasteiger partial charge in [0, 0.05) is 26.1 Å². The van der Waals surface area contributed by atoms with Crippen LogP contribution >= 0.6 is 0 Å². The van der Waals surface area contributed by atoms with Gasteiger partial charge in [-0.2, -0.15) is 0 Å². The summed E-state index contributed by atoms with van der Waals surface area (Å²) in [5, 5.41) is 2.94. The van der Waals surface area contributed by atoms with Gasteiger partial charge in [-0.1, -0.05) is 24.3 Å². The van der Waals surface area contributed by atoms with Crippen LogP contribution in [-0.4, -0.2) is 38.9 Å². The Bertz CT molecular complexity index is 1030. The molecular weight excluding hydrogens is 371 g/mol. The van der Waals surface area contributed by atoms with Gasteiger partial charge in [0.05, 0.1) is 17.4 Å². The molecule has 6 nitrogen and oxygen atoms in total. The van der Waals surface area contributed by atoms with Crippen LogP contribution in [0.4, 0.5) is 4.39 Å². The number of aromatic nitrogens is 2. The number of para-hydroxylation sites is 2. The molecule has 150 valence electrons. The van der Waals surface area contributed by atoms with Gasteiger partial charge >= 0.3 is 0 Å². The van der Waals surface area contributed by atoms with E-state index in [1.54, 1.807) is 17.0 Å². The molecule has 1 atom stereocenters. The fourth-order valence-electron chi connectivity index (χ4n) is 3.80. The predicted molar refractivity (Wildman–Crippen MR) is 107 cm³/mol. The minimum absolute atomic E-state index is 0.0701. The molecule has 0 saturated carbocycles. The molecule has 2 heterocycles. The molecule has 2 aromatic carbocycles. The standard InChI is InChI=1S/C22H23FN4O2/c23-17-6-3-5-16(13-17)14-27-20(9-10-21(27)28)22(29)24-11-4-12-26-15-25-18-7-1-2-8-19(18)26/h1-3,5-8,13,15,20H,4,9-12,14H2,(H,24,29). The van der Waals surface area contributed by atoms with Crippen molar-refractivity contribution in [2.75, 3.05) is 6.54 Å². The Morgan fingerprint density at radius 1 is 1.21 bits per heavy atom. The number of carbonyl (C=O) groups excluding carboxylic acids is 2. The van der Waals surface area contributed by atoms with Crippen molar-refractivity contribution in [1.29, 1.82) is 0 Å². The highest BCUT2D eigenvalue weighted by atomic mass is 19.1. The maximum Gasteiger partial charge on any atom is 0.242 e. The maximum atomic E-state index is 13.4. The molecule has 2 amide bonds. The summed E-state index contributed by atoms with van der Waals surface area (Å²) in [5.41, 5.74) is 2.71. The summed E-state index contributed by atoms with van der Waals surface area (Å²) in [7, 11) is 0. The third-order valence-electron chi connectivity index (χ3n) is 5.28. The first-order valence-electron chi connectivity index (χ1n) is 9.83. The second-order valence-electron chi connectivity index (χ2n) is 7.28.